The largest absolute Gasteiger partial charge is 0.102 e. The van der Waals surface area contributed by atoms with E-state index in [9.17, 15) is 0 Å². The molecule has 0 aromatic heterocycles. The SMILES string of the molecule is C=CC1C(C)=C(C)C(C)=C(C)C1(C)C=C. The summed E-state index contributed by atoms with van der Waals surface area (Å²) in [6.07, 6.45) is 4.12. The van der Waals surface area contributed by atoms with Gasteiger partial charge in [-0.2, -0.15) is 0 Å². The van der Waals surface area contributed by atoms with Gasteiger partial charge in [0, 0.05) is 11.3 Å². The molecule has 0 nitrogen and oxygen atoms in total. The summed E-state index contributed by atoms with van der Waals surface area (Å²) in [5.41, 5.74) is 5.71. The van der Waals surface area contributed by atoms with Gasteiger partial charge in [-0.1, -0.05) is 30.2 Å². The van der Waals surface area contributed by atoms with E-state index >= 15 is 0 Å². The van der Waals surface area contributed by atoms with Crippen molar-refractivity contribution in [2.24, 2.45) is 11.3 Å². The normalized spacial score (nSPS) is 31.9. The first-order chi connectivity index (χ1) is 6.90. The molecule has 0 radical (unpaired) electrons. The molecule has 15 heavy (non-hydrogen) atoms. The summed E-state index contributed by atoms with van der Waals surface area (Å²) in [6, 6.07) is 0. The van der Waals surface area contributed by atoms with Crippen molar-refractivity contribution in [3.05, 3.63) is 47.6 Å². The van der Waals surface area contributed by atoms with Crippen molar-refractivity contribution in [3.63, 3.8) is 0 Å². The predicted octanol–water partition coefficient (Wildman–Crippen LogP) is 4.67. The van der Waals surface area contributed by atoms with Crippen molar-refractivity contribution in [2.75, 3.05) is 0 Å². The Morgan fingerprint density at radius 3 is 2.00 bits per heavy atom. The number of rotatable bonds is 2. The van der Waals surface area contributed by atoms with Crippen LogP contribution in [0.1, 0.15) is 34.6 Å². The fourth-order valence-electron chi connectivity index (χ4n) is 2.60. The molecule has 0 N–H and O–H groups in total. The van der Waals surface area contributed by atoms with Crippen LogP contribution < -0.4 is 0 Å². The Kier molecular flexibility index (Phi) is 3.08. The van der Waals surface area contributed by atoms with Gasteiger partial charge in [-0.15, -0.1) is 13.2 Å². The fraction of sp³-hybridized carbons (Fsp3) is 0.467. The van der Waals surface area contributed by atoms with Gasteiger partial charge < -0.3 is 0 Å². The van der Waals surface area contributed by atoms with Crippen molar-refractivity contribution < 1.29 is 0 Å². The van der Waals surface area contributed by atoms with Crippen LogP contribution in [0.25, 0.3) is 0 Å². The van der Waals surface area contributed by atoms with Crippen molar-refractivity contribution in [1.29, 1.82) is 0 Å². The highest BCUT2D eigenvalue weighted by atomic mass is 14.4. The first kappa shape index (κ1) is 12.0. The van der Waals surface area contributed by atoms with Crippen LogP contribution in [0.15, 0.2) is 47.6 Å². The zero-order valence-corrected chi connectivity index (χ0v) is 10.6. The van der Waals surface area contributed by atoms with Gasteiger partial charge in [-0.3, -0.25) is 0 Å². The highest BCUT2D eigenvalue weighted by molar-refractivity contribution is 5.47. The summed E-state index contributed by atoms with van der Waals surface area (Å²) in [4.78, 5) is 0. The van der Waals surface area contributed by atoms with Crippen LogP contribution in [-0.2, 0) is 0 Å². The number of allylic oxidation sites excluding steroid dienone is 6. The molecule has 0 heteroatoms. The van der Waals surface area contributed by atoms with E-state index in [0.29, 0.717) is 5.92 Å². The maximum absolute atomic E-state index is 3.99. The van der Waals surface area contributed by atoms with Crippen LogP contribution in [0.3, 0.4) is 0 Å². The Balaban J connectivity index is 3.48. The molecule has 2 atom stereocenters. The van der Waals surface area contributed by atoms with Crippen LogP contribution in [-0.4, -0.2) is 0 Å². The summed E-state index contributed by atoms with van der Waals surface area (Å²) in [5, 5.41) is 0. The molecular weight excluding hydrogens is 180 g/mol. The molecule has 82 valence electrons. The average Bonchev–Trinajstić information content (AvgIpc) is 2.24. The van der Waals surface area contributed by atoms with Gasteiger partial charge in [0.05, 0.1) is 0 Å². The van der Waals surface area contributed by atoms with E-state index in [-0.39, 0.29) is 5.41 Å². The molecule has 0 aliphatic heterocycles. The molecule has 0 heterocycles. The van der Waals surface area contributed by atoms with E-state index in [4.69, 9.17) is 0 Å². The highest BCUT2D eigenvalue weighted by Gasteiger charge is 2.36. The molecule has 1 aliphatic rings. The molecule has 0 aromatic rings. The molecule has 0 bridgehead atoms. The van der Waals surface area contributed by atoms with E-state index in [0.717, 1.165) is 0 Å². The van der Waals surface area contributed by atoms with E-state index in [1.54, 1.807) is 0 Å². The van der Waals surface area contributed by atoms with Crippen LogP contribution in [0.2, 0.25) is 0 Å². The third-order valence-corrected chi connectivity index (χ3v) is 4.30. The topological polar surface area (TPSA) is 0 Å². The van der Waals surface area contributed by atoms with Crippen LogP contribution in [0.4, 0.5) is 0 Å². The van der Waals surface area contributed by atoms with Crippen LogP contribution >= 0.6 is 0 Å². The maximum Gasteiger partial charge on any atom is 0.0163 e. The molecular formula is C15H22. The minimum absolute atomic E-state index is 0.0371. The minimum atomic E-state index is 0.0371. The molecule has 0 fully saturated rings. The first-order valence-corrected chi connectivity index (χ1v) is 5.52. The molecule has 0 amide bonds. The van der Waals surface area contributed by atoms with Crippen molar-refractivity contribution in [1.82, 2.24) is 0 Å². The van der Waals surface area contributed by atoms with E-state index in [1.807, 2.05) is 0 Å². The second kappa shape index (κ2) is 3.84. The molecule has 2 unspecified atom stereocenters. The standard InChI is InChI=1S/C15H22/c1-8-14-12(5)10(3)11(4)13(6)15(14,7)9-2/h8-9,14H,1-2H2,3-7H3. The lowest BCUT2D eigenvalue weighted by Gasteiger charge is -2.41. The van der Waals surface area contributed by atoms with Crippen molar-refractivity contribution in [2.45, 2.75) is 34.6 Å². The maximum atomic E-state index is 3.99. The second-order valence-corrected chi connectivity index (χ2v) is 4.76. The van der Waals surface area contributed by atoms with Gasteiger partial charge >= 0.3 is 0 Å². The Labute approximate surface area is 94.1 Å². The van der Waals surface area contributed by atoms with E-state index in [2.05, 4.69) is 59.9 Å². The summed E-state index contributed by atoms with van der Waals surface area (Å²) in [6.45, 7) is 19.0. The van der Waals surface area contributed by atoms with Gasteiger partial charge in [0.1, 0.15) is 0 Å². The third kappa shape index (κ3) is 1.52. The summed E-state index contributed by atoms with van der Waals surface area (Å²) < 4.78 is 0. The van der Waals surface area contributed by atoms with Crippen molar-refractivity contribution >= 4 is 0 Å². The zero-order chi connectivity index (χ0) is 11.8. The fourth-order valence-corrected chi connectivity index (χ4v) is 2.60. The lowest BCUT2D eigenvalue weighted by atomic mass is 9.63. The lowest BCUT2D eigenvalue weighted by Crippen LogP contribution is -2.30. The molecule has 0 saturated heterocycles. The lowest BCUT2D eigenvalue weighted by molar-refractivity contribution is 0.402. The zero-order valence-electron chi connectivity index (χ0n) is 10.6. The Bertz CT molecular complexity index is 365. The number of hydrogen-bond donors (Lipinski definition) is 0. The molecule has 0 saturated carbocycles. The highest BCUT2D eigenvalue weighted by Crippen LogP contribution is 2.48. The monoisotopic (exact) mass is 202 g/mol. The van der Waals surface area contributed by atoms with Gasteiger partial charge in [-0.05, 0) is 38.8 Å². The number of hydrogen-bond acceptors (Lipinski definition) is 0. The Morgan fingerprint density at radius 2 is 1.60 bits per heavy atom. The first-order valence-electron chi connectivity index (χ1n) is 5.52. The quantitative estimate of drug-likeness (QED) is 0.571. The van der Waals surface area contributed by atoms with E-state index in [1.165, 1.54) is 22.3 Å². The van der Waals surface area contributed by atoms with E-state index < -0.39 is 0 Å². The Hall–Kier alpha value is -1.04. The average molecular weight is 202 g/mol. The van der Waals surface area contributed by atoms with Crippen LogP contribution in [0.5, 0.6) is 0 Å². The third-order valence-electron chi connectivity index (χ3n) is 4.30. The molecule has 1 aliphatic carbocycles. The Morgan fingerprint density at radius 1 is 1.07 bits per heavy atom. The van der Waals surface area contributed by atoms with Gasteiger partial charge in [0.15, 0.2) is 0 Å². The molecule has 1 rings (SSSR count). The molecule has 0 aromatic carbocycles. The van der Waals surface area contributed by atoms with Crippen LogP contribution in [0, 0.1) is 11.3 Å². The van der Waals surface area contributed by atoms with Crippen molar-refractivity contribution in [3.8, 4) is 0 Å². The molecule has 0 spiro atoms. The van der Waals surface area contributed by atoms with Gasteiger partial charge in [0.2, 0.25) is 0 Å². The summed E-state index contributed by atoms with van der Waals surface area (Å²) in [7, 11) is 0. The minimum Gasteiger partial charge on any atom is -0.102 e. The summed E-state index contributed by atoms with van der Waals surface area (Å²) in [5.74, 6) is 0.388. The van der Waals surface area contributed by atoms with Gasteiger partial charge in [0.25, 0.3) is 0 Å². The smallest absolute Gasteiger partial charge is 0.0163 e. The summed E-state index contributed by atoms with van der Waals surface area (Å²) >= 11 is 0. The second-order valence-electron chi connectivity index (χ2n) is 4.76. The predicted molar refractivity (Wildman–Crippen MR) is 68.7 cm³/mol. The van der Waals surface area contributed by atoms with Gasteiger partial charge in [-0.25, -0.2) is 0 Å².